The third kappa shape index (κ3) is 4.37. The quantitative estimate of drug-likeness (QED) is 0.551. The maximum Gasteiger partial charge on any atom is -0.0162 e. The molecule has 1 aliphatic carbocycles. The maximum atomic E-state index is 3.71. The van der Waals surface area contributed by atoms with Crippen LogP contribution in [0.15, 0.2) is 49.1 Å². The summed E-state index contributed by atoms with van der Waals surface area (Å²) in [6.45, 7) is 5.94. The predicted molar refractivity (Wildman–Crippen MR) is 89.1 cm³/mol. The van der Waals surface area contributed by atoms with Gasteiger partial charge in [0.15, 0.2) is 0 Å². The van der Waals surface area contributed by atoms with E-state index >= 15 is 0 Å². The highest BCUT2D eigenvalue weighted by atomic mass is 14.3. The average Bonchev–Trinajstić information content (AvgIpc) is 2.52. The summed E-state index contributed by atoms with van der Waals surface area (Å²) >= 11 is 0. The normalized spacial score (nSPS) is 23.1. The Kier molecular flexibility index (Phi) is 6.11. The fourth-order valence-electron chi connectivity index (χ4n) is 3.33. The van der Waals surface area contributed by atoms with Crippen molar-refractivity contribution in [2.45, 2.75) is 57.8 Å². The van der Waals surface area contributed by atoms with E-state index in [1.165, 1.54) is 44.1 Å². The van der Waals surface area contributed by atoms with Crippen molar-refractivity contribution in [1.29, 1.82) is 0 Å². The van der Waals surface area contributed by atoms with Crippen LogP contribution in [0.1, 0.15) is 62.5 Å². The first-order valence-corrected chi connectivity index (χ1v) is 8.20. The Labute approximate surface area is 124 Å². The number of allylic oxidation sites excluding steroid dienone is 3. The van der Waals surface area contributed by atoms with Gasteiger partial charge in [-0.25, -0.2) is 0 Å². The lowest BCUT2D eigenvalue weighted by Crippen LogP contribution is -2.13. The molecule has 1 aromatic rings. The first kappa shape index (κ1) is 15.1. The molecule has 1 fully saturated rings. The Morgan fingerprint density at radius 2 is 1.80 bits per heavy atom. The Balaban J connectivity index is 1.78. The average molecular weight is 268 g/mol. The summed E-state index contributed by atoms with van der Waals surface area (Å²) in [5.41, 5.74) is 3.02. The Morgan fingerprint density at radius 3 is 2.40 bits per heavy atom. The zero-order chi connectivity index (χ0) is 14.2. The minimum atomic E-state index is 0.806. The molecule has 1 aliphatic rings. The van der Waals surface area contributed by atoms with Crippen molar-refractivity contribution in [3.63, 3.8) is 0 Å². The second-order valence-corrected chi connectivity index (χ2v) is 6.05. The van der Waals surface area contributed by atoms with Gasteiger partial charge in [-0.05, 0) is 67.9 Å². The van der Waals surface area contributed by atoms with Gasteiger partial charge in [0.1, 0.15) is 0 Å². The molecule has 0 aromatic heterocycles. The van der Waals surface area contributed by atoms with E-state index in [1.807, 2.05) is 6.08 Å². The molecule has 0 heterocycles. The van der Waals surface area contributed by atoms with Gasteiger partial charge in [0, 0.05) is 0 Å². The molecule has 0 radical (unpaired) electrons. The van der Waals surface area contributed by atoms with E-state index < -0.39 is 0 Å². The van der Waals surface area contributed by atoms with E-state index in [9.17, 15) is 0 Å². The fourth-order valence-corrected chi connectivity index (χ4v) is 3.33. The molecule has 0 saturated heterocycles. The molecular formula is C20H28. The summed E-state index contributed by atoms with van der Waals surface area (Å²) in [6, 6.07) is 9.33. The molecule has 0 heteroatoms. The van der Waals surface area contributed by atoms with E-state index in [2.05, 4.69) is 49.9 Å². The van der Waals surface area contributed by atoms with Crippen LogP contribution in [0.3, 0.4) is 0 Å². The first-order valence-electron chi connectivity index (χ1n) is 8.20. The number of rotatable bonds is 6. The number of hydrogen-bond donors (Lipinski definition) is 0. The predicted octanol–water partition coefficient (Wildman–Crippen LogP) is 6.05. The van der Waals surface area contributed by atoms with Gasteiger partial charge in [0.05, 0.1) is 0 Å². The summed E-state index contributed by atoms with van der Waals surface area (Å²) < 4.78 is 0. The monoisotopic (exact) mass is 268 g/mol. The minimum absolute atomic E-state index is 0.806. The van der Waals surface area contributed by atoms with Gasteiger partial charge in [-0.1, -0.05) is 56.0 Å². The molecule has 0 unspecified atom stereocenters. The third-order valence-corrected chi connectivity index (χ3v) is 4.72. The Morgan fingerprint density at radius 1 is 1.10 bits per heavy atom. The van der Waals surface area contributed by atoms with E-state index in [4.69, 9.17) is 0 Å². The number of benzene rings is 1. The molecule has 0 atom stereocenters. The van der Waals surface area contributed by atoms with Crippen LogP contribution < -0.4 is 0 Å². The lowest BCUT2D eigenvalue weighted by atomic mass is 9.77. The van der Waals surface area contributed by atoms with Gasteiger partial charge >= 0.3 is 0 Å². The van der Waals surface area contributed by atoms with E-state index in [0.717, 1.165) is 18.3 Å². The highest BCUT2D eigenvalue weighted by Crippen LogP contribution is 2.37. The number of hydrogen-bond acceptors (Lipinski definition) is 0. The maximum absolute atomic E-state index is 3.71. The second kappa shape index (κ2) is 8.09. The van der Waals surface area contributed by atoms with Crippen molar-refractivity contribution in [3.8, 4) is 0 Å². The van der Waals surface area contributed by atoms with Crippen LogP contribution >= 0.6 is 0 Å². The zero-order valence-electron chi connectivity index (χ0n) is 12.9. The smallest absolute Gasteiger partial charge is 0.0162 e. The lowest BCUT2D eigenvalue weighted by Gasteiger charge is -2.28. The van der Waals surface area contributed by atoms with Crippen molar-refractivity contribution >= 4 is 0 Å². The molecule has 0 amide bonds. The molecule has 0 nitrogen and oxygen atoms in total. The summed E-state index contributed by atoms with van der Waals surface area (Å²) in [6.07, 6.45) is 15.5. The van der Waals surface area contributed by atoms with Gasteiger partial charge < -0.3 is 0 Å². The van der Waals surface area contributed by atoms with Crippen LogP contribution in [-0.4, -0.2) is 0 Å². The molecule has 2 rings (SSSR count). The molecule has 108 valence electrons. The van der Waals surface area contributed by atoms with Crippen LogP contribution in [0, 0.1) is 5.92 Å². The van der Waals surface area contributed by atoms with E-state index in [-0.39, 0.29) is 0 Å². The lowest BCUT2D eigenvalue weighted by molar-refractivity contribution is 0.312. The Hall–Kier alpha value is -1.30. The summed E-state index contributed by atoms with van der Waals surface area (Å²) in [5.74, 6) is 1.75. The van der Waals surface area contributed by atoms with Crippen molar-refractivity contribution in [2.75, 3.05) is 0 Å². The third-order valence-electron chi connectivity index (χ3n) is 4.72. The molecule has 0 aliphatic heterocycles. The molecular weight excluding hydrogens is 240 g/mol. The van der Waals surface area contributed by atoms with Crippen LogP contribution in [0.4, 0.5) is 0 Å². The minimum Gasteiger partial charge on any atom is -0.0991 e. The van der Waals surface area contributed by atoms with Crippen LogP contribution in [0.2, 0.25) is 0 Å². The summed E-state index contributed by atoms with van der Waals surface area (Å²) in [5, 5.41) is 0. The molecule has 0 N–H and O–H groups in total. The van der Waals surface area contributed by atoms with Crippen molar-refractivity contribution < 1.29 is 0 Å². The largest absolute Gasteiger partial charge is 0.0991 e. The van der Waals surface area contributed by atoms with Gasteiger partial charge in [-0.15, -0.1) is 0 Å². The highest BCUT2D eigenvalue weighted by molar-refractivity contribution is 5.25. The van der Waals surface area contributed by atoms with Crippen molar-refractivity contribution in [1.82, 2.24) is 0 Å². The summed E-state index contributed by atoms with van der Waals surface area (Å²) in [7, 11) is 0. The highest BCUT2D eigenvalue weighted by Gasteiger charge is 2.21. The van der Waals surface area contributed by atoms with E-state index in [1.54, 1.807) is 5.56 Å². The molecule has 20 heavy (non-hydrogen) atoms. The SMILES string of the molecule is C=C/C=C/CCC1CCC(c2ccc(CC)cc2)CC1. The fraction of sp³-hybridized carbons (Fsp3) is 0.500. The van der Waals surface area contributed by atoms with Crippen molar-refractivity contribution in [2.24, 2.45) is 5.92 Å². The topological polar surface area (TPSA) is 0 Å². The Bertz CT molecular complexity index is 416. The molecule has 0 bridgehead atoms. The van der Waals surface area contributed by atoms with E-state index in [0.29, 0.717) is 0 Å². The molecule has 1 aromatic carbocycles. The first-order chi connectivity index (χ1) is 9.83. The molecule has 1 saturated carbocycles. The zero-order valence-corrected chi connectivity index (χ0v) is 12.9. The van der Waals surface area contributed by atoms with Crippen LogP contribution in [0.5, 0.6) is 0 Å². The summed E-state index contributed by atoms with van der Waals surface area (Å²) in [4.78, 5) is 0. The van der Waals surface area contributed by atoms with Gasteiger partial charge in [-0.2, -0.15) is 0 Å². The van der Waals surface area contributed by atoms with Gasteiger partial charge in [-0.3, -0.25) is 0 Å². The molecule has 0 spiro atoms. The van der Waals surface area contributed by atoms with Gasteiger partial charge in [0.2, 0.25) is 0 Å². The van der Waals surface area contributed by atoms with Crippen molar-refractivity contribution in [3.05, 3.63) is 60.2 Å². The number of aryl methyl sites for hydroxylation is 1. The van der Waals surface area contributed by atoms with Crippen LogP contribution in [0.25, 0.3) is 0 Å². The standard InChI is InChI=1S/C20H28/c1-3-5-6-7-8-18-11-15-20(16-12-18)19-13-9-17(4-2)10-14-19/h3,5-6,9-10,13-14,18,20H,1,4,7-8,11-12,15-16H2,2H3/b6-5+. The van der Waals surface area contributed by atoms with Gasteiger partial charge in [0.25, 0.3) is 0 Å². The second-order valence-electron chi connectivity index (χ2n) is 6.05. The van der Waals surface area contributed by atoms with Crippen LogP contribution in [-0.2, 0) is 6.42 Å².